The van der Waals surface area contributed by atoms with Crippen molar-refractivity contribution >= 4 is 5.91 Å². The molecule has 0 aliphatic heterocycles. The van der Waals surface area contributed by atoms with Crippen LogP contribution in [0.5, 0.6) is 0 Å². The van der Waals surface area contributed by atoms with Crippen molar-refractivity contribution in [1.29, 1.82) is 0 Å². The third-order valence-electron chi connectivity index (χ3n) is 4.21. The van der Waals surface area contributed by atoms with Gasteiger partial charge in [0.05, 0.1) is 6.42 Å². The highest BCUT2D eigenvalue weighted by Gasteiger charge is 2.25. The van der Waals surface area contributed by atoms with Gasteiger partial charge in [0.2, 0.25) is 11.8 Å². The molecule has 2 aromatic rings. The van der Waals surface area contributed by atoms with Crippen molar-refractivity contribution < 1.29 is 9.32 Å². The Hall–Kier alpha value is -2.71. The minimum absolute atomic E-state index is 0.0942. The highest BCUT2D eigenvalue weighted by atomic mass is 16.5. The number of amides is 1. The lowest BCUT2D eigenvalue weighted by molar-refractivity contribution is -0.120. The van der Waals surface area contributed by atoms with E-state index in [1.54, 1.807) is 0 Å². The number of hydrogen-bond acceptors (Lipinski definition) is 6. The van der Waals surface area contributed by atoms with Crippen molar-refractivity contribution in [3.63, 3.8) is 0 Å². The van der Waals surface area contributed by atoms with Crippen molar-refractivity contribution in [2.45, 2.75) is 38.0 Å². The van der Waals surface area contributed by atoms with Gasteiger partial charge in [-0.05, 0) is 12.8 Å². The Morgan fingerprint density at radius 2 is 2.25 bits per heavy atom. The maximum atomic E-state index is 11.9. The molecule has 3 rings (SSSR count). The van der Waals surface area contributed by atoms with Crippen LogP contribution in [0.1, 0.15) is 42.5 Å². The number of H-pyrrole nitrogens is 1. The van der Waals surface area contributed by atoms with Gasteiger partial charge in [-0.15, -0.1) is 0 Å². The van der Waals surface area contributed by atoms with Crippen LogP contribution < -0.4 is 16.6 Å². The van der Waals surface area contributed by atoms with E-state index >= 15 is 0 Å². The van der Waals surface area contributed by atoms with Gasteiger partial charge < -0.3 is 14.8 Å². The SMILES string of the molecule is Cn1c(=O)[nH]cc(CC(=O)NCCc2noc(C3CCC3)n2)c1=O. The first kappa shape index (κ1) is 16.2. The lowest BCUT2D eigenvalue weighted by Gasteiger charge is -2.20. The molecule has 24 heavy (non-hydrogen) atoms. The van der Waals surface area contributed by atoms with Gasteiger partial charge in [-0.1, -0.05) is 11.6 Å². The Morgan fingerprint density at radius 1 is 1.46 bits per heavy atom. The summed E-state index contributed by atoms with van der Waals surface area (Å²) in [7, 11) is 1.36. The summed E-state index contributed by atoms with van der Waals surface area (Å²) in [4.78, 5) is 41.8. The highest BCUT2D eigenvalue weighted by molar-refractivity contribution is 5.78. The number of nitrogens with one attached hydrogen (secondary N) is 2. The summed E-state index contributed by atoms with van der Waals surface area (Å²) in [6.07, 6.45) is 5.02. The van der Waals surface area contributed by atoms with Crippen LogP contribution in [0.2, 0.25) is 0 Å². The third-order valence-corrected chi connectivity index (χ3v) is 4.21. The predicted octanol–water partition coefficient (Wildman–Crippen LogP) is -0.374. The molecule has 0 saturated heterocycles. The van der Waals surface area contributed by atoms with Crippen LogP contribution in [0, 0.1) is 0 Å². The van der Waals surface area contributed by atoms with Crippen molar-refractivity contribution in [3.8, 4) is 0 Å². The number of hydrogen-bond donors (Lipinski definition) is 2. The molecule has 1 aliphatic rings. The maximum Gasteiger partial charge on any atom is 0.328 e. The summed E-state index contributed by atoms with van der Waals surface area (Å²) < 4.78 is 6.14. The maximum absolute atomic E-state index is 11.9. The smallest absolute Gasteiger partial charge is 0.328 e. The van der Waals surface area contributed by atoms with Crippen LogP contribution in [-0.2, 0) is 24.7 Å². The van der Waals surface area contributed by atoms with Gasteiger partial charge in [-0.3, -0.25) is 14.2 Å². The van der Waals surface area contributed by atoms with E-state index < -0.39 is 11.2 Å². The van der Waals surface area contributed by atoms with Gasteiger partial charge in [0, 0.05) is 37.7 Å². The van der Waals surface area contributed by atoms with E-state index in [4.69, 9.17) is 4.52 Å². The first-order valence-electron chi connectivity index (χ1n) is 7.91. The Balaban J connectivity index is 1.49. The van der Waals surface area contributed by atoms with Gasteiger partial charge in [-0.2, -0.15) is 4.98 Å². The average molecular weight is 333 g/mol. The van der Waals surface area contributed by atoms with Crippen LogP contribution in [0.25, 0.3) is 0 Å². The Kier molecular flexibility index (Phi) is 4.59. The second-order valence-corrected chi connectivity index (χ2v) is 5.94. The topological polar surface area (TPSA) is 123 Å². The number of rotatable bonds is 6. The number of aromatic amines is 1. The zero-order chi connectivity index (χ0) is 17.1. The summed E-state index contributed by atoms with van der Waals surface area (Å²) in [6.45, 7) is 0.353. The number of aromatic nitrogens is 4. The van der Waals surface area contributed by atoms with Crippen LogP contribution in [0.3, 0.4) is 0 Å². The predicted molar refractivity (Wildman–Crippen MR) is 83.6 cm³/mol. The number of nitrogens with zero attached hydrogens (tertiary/aromatic N) is 3. The number of carbonyl (C=O) groups excluding carboxylic acids is 1. The van der Waals surface area contributed by atoms with E-state index in [-0.39, 0.29) is 17.9 Å². The molecule has 0 unspecified atom stereocenters. The molecule has 2 heterocycles. The molecule has 0 spiro atoms. The zero-order valence-electron chi connectivity index (χ0n) is 13.4. The Bertz CT molecular complexity index is 846. The molecule has 1 fully saturated rings. The Morgan fingerprint density at radius 3 is 2.96 bits per heavy atom. The summed E-state index contributed by atoms with van der Waals surface area (Å²) in [5.41, 5.74) is -0.748. The van der Waals surface area contributed by atoms with E-state index in [0.29, 0.717) is 30.6 Å². The molecule has 0 radical (unpaired) electrons. The minimum Gasteiger partial charge on any atom is -0.355 e. The molecule has 2 N–H and O–H groups in total. The number of carbonyl (C=O) groups is 1. The lowest BCUT2D eigenvalue weighted by atomic mass is 9.85. The fourth-order valence-corrected chi connectivity index (χ4v) is 2.48. The molecule has 1 aliphatic carbocycles. The molecular formula is C15H19N5O4. The highest BCUT2D eigenvalue weighted by Crippen LogP contribution is 2.35. The summed E-state index contributed by atoms with van der Waals surface area (Å²) >= 11 is 0. The van der Waals surface area contributed by atoms with Crippen LogP contribution in [0.15, 0.2) is 20.3 Å². The van der Waals surface area contributed by atoms with E-state index in [1.807, 2.05) is 0 Å². The molecule has 9 nitrogen and oxygen atoms in total. The van der Waals surface area contributed by atoms with Gasteiger partial charge in [0.1, 0.15) is 0 Å². The second-order valence-electron chi connectivity index (χ2n) is 5.94. The summed E-state index contributed by atoms with van der Waals surface area (Å²) in [6, 6.07) is 0. The van der Waals surface area contributed by atoms with Crippen LogP contribution in [-0.4, -0.2) is 32.1 Å². The van der Waals surface area contributed by atoms with E-state index in [2.05, 4.69) is 20.4 Å². The lowest BCUT2D eigenvalue weighted by Crippen LogP contribution is -2.36. The second kappa shape index (κ2) is 6.81. The fraction of sp³-hybridized carbons (Fsp3) is 0.533. The van der Waals surface area contributed by atoms with E-state index in [1.165, 1.54) is 19.7 Å². The summed E-state index contributed by atoms with van der Waals surface area (Å²) in [5, 5.41) is 6.61. The quantitative estimate of drug-likeness (QED) is 0.743. The molecule has 128 valence electrons. The average Bonchev–Trinajstić information content (AvgIpc) is 2.94. The standard InChI is InChI=1S/C15H19N5O4/c1-20-14(22)10(8-17-15(20)23)7-12(21)16-6-5-11-18-13(24-19-11)9-3-2-4-9/h8-9H,2-7H2,1H3,(H,16,21)(H,17,23). The molecule has 2 aromatic heterocycles. The first-order chi connectivity index (χ1) is 11.5. The zero-order valence-corrected chi connectivity index (χ0v) is 13.4. The largest absolute Gasteiger partial charge is 0.355 e. The van der Waals surface area contributed by atoms with Crippen LogP contribution >= 0.6 is 0 Å². The van der Waals surface area contributed by atoms with Crippen molar-refractivity contribution in [2.75, 3.05) is 6.54 Å². The molecule has 0 aromatic carbocycles. The first-order valence-corrected chi connectivity index (χ1v) is 7.91. The molecule has 0 atom stereocenters. The Labute approximate surface area is 137 Å². The fourth-order valence-electron chi connectivity index (χ4n) is 2.48. The van der Waals surface area contributed by atoms with Crippen molar-refractivity contribution in [2.24, 2.45) is 7.05 Å². The van der Waals surface area contributed by atoms with E-state index in [0.717, 1.165) is 17.4 Å². The normalized spacial score (nSPS) is 14.4. The van der Waals surface area contributed by atoms with Crippen molar-refractivity contribution in [1.82, 2.24) is 25.0 Å². The molecule has 0 bridgehead atoms. The monoisotopic (exact) mass is 333 g/mol. The molecule has 1 saturated carbocycles. The van der Waals surface area contributed by atoms with Gasteiger partial charge in [0.15, 0.2) is 5.82 Å². The third kappa shape index (κ3) is 3.44. The summed E-state index contributed by atoms with van der Waals surface area (Å²) in [5.74, 6) is 1.33. The van der Waals surface area contributed by atoms with Gasteiger partial charge >= 0.3 is 5.69 Å². The van der Waals surface area contributed by atoms with Crippen molar-refractivity contribution in [3.05, 3.63) is 44.3 Å². The van der Waals surface area contributed by atoms with Crippen LogP contribution in [0.4, 0.5) is 0 Å². The van der Waals surface area contributed by atoms with E-state index in [9.17, 15) is 14.4 Å². The molecule has 1 amide bonds. The van der Waals surface area contributed by atoms with Gasteiger partial charge in [-0.25, -0.2) is 4.79 Å². The molecular weight excluding hydrogens is 314 g/mol. The van der Waals surface area contributed by atoms with Gasteiger partial charge in [0.25, 0.3) is 5.56 Å². The molecule has 9 heteroatoms. The minimum atomic E-state index is -0.511.